The Morgan fingerprint density at radius 3 is 2.56 bits per heavy atom. The number of nitrogens with one attached hydrogen (secondary N) is 1. The van der Waals surface area contributed by atoms with Crippen LogP contribution in [-0.2, 0) is 11.3 Å². The Kier molecular flexibility index (Phi) is 5.95. The van der Waals surface area contributed by atoms with E-state index in [9.17, 15) is 9.18 Å². The molecule has 0 atom stereocenters. The number of aromatic nitrogens is 1. The fourth-order valence-electron chi connectivity index (χ4n) is 2.95. The van der Waals surface area contributed by atoms with Gasteiger partial charge in [0.1, 0.15) is 5.82 Å². The third kappa shape index (κ3) is 5.00. The summed E-state index contributed by atoms with van der Waals surface area (Å²) in [6, 6.07) is 10.4. The summed E-state index contributed by atoms with van der Waals surface area (Å²) in [6.07, 6.45) is 4.07. The maximum Gasteiger partial charge on any atom is 0.223 e. The van der Waals surface area contributed by atoms with Gasteiger partial charge < -0.3 is 15.1 Å². The van der Waals surface area contributed by atoms with Gasteiger partial charge in [-0.25, -0.2) is 4.39 Å². The molecule has 0 aliphatic carbocycles. The molecule has 1 amide bonds. The molecule has 1 aromatic carbocycles. The van der Waals surface area contributed by atoms with Crippen molar-refractivity contribution >= 4 is 11.6 Å². The van der Waals surface area contributed by atoms with Crippen LogP contribution < -0.4 is 10.2 Å². The summed E-state index contributed by atoms with van der Waals surface area (Å²) in [5.74, 6) is -0.0474. The van der Waals surface area contributed by atoms with Gasteiger partial charge in [-0.15, -0.1) is 0 Å². The Bertz CT molecular complexity index is 670. The van der Waals surface area contributed by atoms with Gasteiger partial charge in [0.05, 0.1) is 0 Å². The minimum Gasteiger partial charge on any atom is -0.368 e. The summed E-state index contributed by atoms with van der Waals surface area (Å²) in [5.41, 5.74) is 2.12. The van der Waals surface area contributed by atoms with Gasteiger partial charge in [0.15, 0.2) is 0 Å². The molecule has 0 radical (unpaired) electrons. The number of halogens is 1. The molecule has 1 fully saturated rings. The van der Waals surface area contributed by atoms with Crippen molar-refractivity contribution in [3.05, 3.63) is 60.2 Å². The lowest BCUT2D eigenvalue weighted by Gasteiger charge is -2.36. The smallest absolute Gasteiger partial charge is 0.223 e. The Labute approximate surface area is 147 Å². The second-order valence-corrected chi connectivity index (χ2v) is 6.13. The third-order valence-electron chi connectivity index (χ3n) is 4.39. The zero-order chi connectivity index (χ0) is 17.5. The van der Waals surface area contributed by atoms with Crippen LogP contribution in [0.4, 0.5) is 10.1 Å². The van der Waals surface area contributed by atoms with Gasteiger partial charge in [0, 0.05) is 63.8 Å². The number of hydrogen-bond donors (Lipinski definition) is 1. The van der Waals surface area contributed by atoms with E-state index in [2.05, 4.69) is 15.2 Å². The molecule has 2 heterocycles. The van der Waals surface area contributed by atoms with E-state index < -0.39 is 0 Å². The first-order valence-corrected chi connectivity index (χ1v) is 8.60. The molecule has 3 rings (SSSR count). The van der Waals surface area contributed by atoms with Crippen molar-refractivity contribution in [3.63, 3.8) is 0 Å². The molecule has 2 aromatic rings. The van der Waals surface area contributed by atoms with Crippen LogP contribution in [0.2, 0.25) is 0 Å². The van der Waals surface area contributed by atoms with E-state index in [1.54, 1.807) is 18.3 Å². The first-order chi connectivity index (χ1) is 12.2. The van der Waals surface area contributed by atoms with E-state index in [1.165, 1.54) is 12.1 Å². The number of carbonyl (C=O) groups is 1. The molecule has 1 N–H and O–H groups in total. The maximum atomic E-state index is 13.0. The normalized spacial score (nSPS) is 14.6. The van der Waals surface area contributed by atoms with Crippen LogP contribution in [0.15, 0.2) is 48.8 Å². The van der Waals surface area contributed by atoms with E-state index in [0.717, 1.165) is 30.9 Å². The molecular formula is C19H23FN4O. The summed E-state index contributed by atoms with van der Waals surface area (Å²) < 4.78 is 13.0. The van der Waals surface area contributed by atoms with Crippen molar-refractivity contribution in [1.29, 1.82) is 0 Å². The van der Waals surface area contributed by atoms with Gasteiger partial charge in [0.25, 0.3) is 0 Å². The molecule has 0 bridgehead atoms. The highest BCUT2D eigenvalue weighted by Gasteiger charge is 2.20. The predicted octanol–water partition coefficient (Wildman–Crippen LogP) is 2.05. The van der Waals surface area contributed by atoms with Gasteiger partial charge >= 0.3 is 0 Å². The standard InChI is InChI=1S/C19H23FN4O/c20-17-3-5-18(6-4-17)23-10-12-24(13-11-23)19(25)7-9-22-15-16-2-1-8-21-14-16/h1-6,8,14,22H,7,9-13,15H2. The monoisotopic (exact) mass is 342 g/mol. The highest BCUT2D eigenvalue weighted by Crippen LogP contribution is 2.17. The highest BCUT2D eigenvalue weighted by molar-refractivity contribution is 5.76. The molecule has 1 aliphatic heterocycles. The van der Waals surface area contributed by atoms with Crippen LogP contribution in [0.5, 0.6) is 0 Å². The number of carbonyl (C=O) groups excluding carboxylic acids is 1. The average molecular weight is 342 g/mol. The molecule has 0 spiro atoms. The summed E-state index contributed by atoms with van der Waals surface area (Å²) >= 11 is 0. The van der Waals surface area contributed by atoms with Crippen LogP contribution in [0.3, 0.4) is 0 Å². The SMILES string of the molecule is O=C(CCNCc1cccnc1)N1CCN(c2ccc(F)cc2)CC1. The van der Waals surface area contributed by atoms with Crippen molar-refractivity contribution in [1.82, 2.24) is 15.2 Å². The van der Waals surface area contributed by atoms with Crippen molar-refractivity contribution in [2.45, 2.75) is 13.0 Å². The van der Waals surface area contributed by atoms with Crippen molar-refractivity contribution in [2.75, 3.05) is 37.6 Å². The fraction of sp³-hybridized carbons (Fsp3) is 0.368. The number of rotatable bonds is 6. The first-order valence-electron chi connectivity index (χ1n) is 8.60. The number of amides is 1. The topological polar surface area (TPSA) is 48.5 Å². The molecular weight excluding hydrogens is 319 g/mol. The fourth-order valence-corrected chi connectivity index (χ4v) is 2.95. The molecule has 5 nitrogen and oxygen atoms in total. The van der Waals surface area contributed by atoms with E-state index in [-0.39, 0.29) is 11.7 Å². The zero-order valence-electron chi connectivity index (χ0n) is 14.2. The van der Waals surface area contributed by atoms with Gasteiger partial charge in [-0.2, -0.15) is 0 Å². The van der Waals surface area contributed by atoms with Crippen molar-refractivity contribution < 1.29 is 9.18 Å². The molecule has 6 heteroatoms. The Morgan fingerprint density at radius 1 is 1.12 bits per heavy atom. The number of pyridine rings is 1. The van der Waals surface area contributed by atoms with Crippen LogP contribution in [0.1, 0.15) is 12.0 Å². The van der Waals surface area contributed by atoms with E-state index in [4.69, 9.17) is 0 Å². The number of benzene rings is 1. The molecule has 1 aliphatic rings. The van der Waals surface area contributed by atoms with E-state index in [1.807, 2.05) is 23.2 Å². The lowest BCUT2D eigenvalue weighted by molar-refractivity contribution is -0.131. The second kappa shape index (κ2) is 8.58. The van der Waals surface area contributed by atoms with Crippen molar-refractivity contribution in [3.8, 4) is 0 Å². The number of hydrogen-bond acceptors (Lipinski definition) is 4. The van der Waals surface area contributed by atoms with E-state index in [0.29, 0.717) is 26.1 Å². The highest BCUT2D eigenvalue weighted by atomic mass is 19.1. The summed E-state index contributed by atoms with van der Waals surface area (Å²) in [5, 5.41) is 3.28. The summed E-state index contributed by atoms with van der Waals surface area (Å²) in [7, 11) is 0. The first kappa shape index (κ1) is 17.4. The molecule has 0 saturated carbocycles. The quantitative estimate of drug-likeness (QED) is 0.817. The van der Waals surface area contributed by atoms with Gasteiger partial charge in [0.2, 0.25) is 5.91 Å². The third-order valence-corrected chi connectivity index (χ3v) is 4.39. The van der Waals surface area contributed by atoms with Crippen LogP contribution in [-0.4, -0.2) is 48.5 Å². The summed E-state index contributed by atoms with van der Waals surface area (Å²) in [4.78, 5) is 20.5. The molecule has 25 heavy (non-hydrogen) atoms. The second-order valence-electron chi connectivity index (χ2n) is 6.13. The lowest BCUT2D eigenvalue weighted by atomic mass is 10.2. The number of nitrogens with zero attached hydrogens (tertiary/aromatic N) is 3. The summed E-state index contributed by atoms with van der Waals surface area (Å²) in [6.45, 7) is 4.35. The largest absolute Gasteiger partial charge is 0.368 e. The molecule has 132 valence electrons. The predicted molar refractivity (Wildman–Crippen MR) is 95.8 cm³/mol. The van der Waals surface area contributed by atoms with E-state index >= 15 is 0 Å². The van der Waals surface area contributed by atoms with Crippen LogP contribution >= 0.6 is 0 Å². The van der Waals surface area contributed by atoms with Gasteiger partial charge in [-0.3, -0.25) is 9.78 Å². The molecule has 0 unspecified atom stereocenters. The zero-order valence-corrected chi connectivity index (χ0v) is 14.2. The van der Waals surface area contributed by atoms with Gasteiger partial charge in [-0.1, -0.05) is 6.07 Å². The number of anilines is 1. The van der Waals surface area contributed by atoms with Crippen LogP contribution in [0.25, 0.3) is 0 Å². The Hall–Kier alpha value is -2.47. The minimum absolute atomic E-state index is 0.178. The number of piperazine rings is 1. The minimum atomic E-state index is -0.226. The average Bonchev–Trinajstić information content (AvgIpc) is 2.67. The van der Waals surface area contributed by atoms with Crippen molar-refractivity contribution in [2.24, 2.45) is 0 Å². The van der Waals surface area contributed by atoms with Gasteiger partial charge in [-0.05, 0) is 35.9 Å². The lowest BCUT2D eigenvalue weighted by Crippen LogP contribution is -2.49. The van der Waals surface area contributed by atoms with Crippen LogP contribution in [0, 0.1) is 5.82 Å². The Morgan fingerprint density at radius 2 is 1.88 bits per heavy atom. The maximum absolute atomic E-state index is 13.0. The Balaban J connectivity index is 1.37. The molecule has 1 saturated heterocycles. The molecule has 1 aromatic heterocycles.